The molecule has 0 aliphatic heterocycles. The monoisotopic (exact) mass is 472 g/mol. The predicted octanol–water partition coefficient (Wildman–Crippen LogP) is 6.08. The molecule has 1 aliphatic rings. The Morgan fingerprint density at radius 2 is 1.75 bits per heavy atom. The zero-order chi connectivity index (χ0) is 22.8. The molecule has 1 fully saturated rings. The van der Waals surface area contributed by atoms with E-state index in [1.165, 1.54) is 6.42 Å². The van der Waals surface area contributed by atoms with Crippen LogP contribution in [0.25, 0.3) is 0 Å². The first-order valence-corrected chi connectivity index (χ1v) is 12.9. The molecule has 1 saturated carbocycles. The third kappa shape index (κ3) is 7.86. The van der Waals surface area contributed by atoms with Crippen LogP contribution in [0.15, 0.2) is 59.5 Å². The van der Waals surface area contributed by atoms with Gasteiger partial charge in [-0.05, 0) is 61.8 Å². The number of hydrogen-bond acceptors (Lipinski definition) is 3. The largest absolute Gasteiger partial charge is 0.352 e. The number of benzene rings is 2. The van der Waals surface area contributed by atoms with Gasteiger partial charge in [0, 0.05) is 28.9 Å². The Labute approximate surface area is 201 Å². The highest BCUT2D eigenvalue weighted by molar-refractivity contribution is 7.99. The lowest BCUT2D eigenvalue weighted by Crippen LogP contribution is -2.50. The highest BCUT2D eigenvalue weighted by Crippen LogP contribution is 2.22. The second-order valence-corrected chi connectivity index (χ2v) is 10.0. The maximum Gasteiger partial charge on any atom is 0.242 e. The van der Waals surface area contributed by atoms with Crippen molar-refractivity contribution in [2.75, 3.05) is 5.75 Å². The van der Waals surface area contributed by atoms with Crippen molar-refractivity contribution in [2.45, 2.75) is 75.4 Å². The quantitative estimate of drug-likeness (QED) is 0.337. The number of nitrogens with one attached hydrogen (secondary N) is 1. The number of halogens is 1. The van der Waals surface area contributed by atoms with E-state index in [-0.39, 0.29) is 17.9 Å². The molecule has 2 aromatic carbocycles. The van der Waals surface area contributed by atoms with Gasteiger partial charge in [0.15, 0.2) is 0 Å². The molecule has 2 aromatic rings. The van der Waals surface area contributed by atoms with Gasteiger partial charge in [-0.2, -0.15) is 0 Å². The number of nitrogens with zero attached hydrogens (tertiary/aromatic N) is 1. The average Bonchev–Trinajstić information content (AvgIpc) is 2.82. The lowest BCUT2D eigenvalue weighted by atomic mass is 9.95. The van der Waals surface area contributed by atoms with Crippen LogP contribution >= 0.6 is 23.4 Å². The summed E-state index contributed by atoms with van der Waals surface area (Å²) in [7, 11) is 0. The van der Waals surface area contributed by atoms with Crippen LogP contribution in [0.2, 0.25) is 5.02 Å². The van der Waals surface area contributed by atoms with Crippen LogP contribution in [0.4, 0.5) is 0 Å². The molecule has 172 valence electrons. The maximum atomic E-state index is 13.2. The minimum atomic E-state index is -0.492. The van der Waals surface area contributed by atoms with Gasteiger partial charge in [-0.25, -0.2) is 0 Å². The number of amides is 2. The van der Waals surface area contributed by atoms with Gasteiger partial charge in [0.25, 0.3) is 0 Å². The van der Waals surface area contributed by atoms with Crippen molar-refractivity contribution in [3.8, 4) is 0 Å². The zero-order valence-electron chi connectivity index (χ0n) is 18.8. The molecular formula is C26H33ClN2O2S. The number of carbonyl (C=O) groups excluding carboxylic acids is 2. The Kier molecular flexibility index (Phi) is 9.94. The Hall–Kier alpha value is -1.98. The normalized spacial score (nSPS) is 15.2. The highest BCUT2D eigenvalue weighted by atomic mass is 35.5. The van der Waals surface area contributed by atoms with Gasteiger partial charge in [0.1, 0.15) is 6.04 Å². The highest BCUT2D eigenvalue weighted by Gasteiger charge is 2.27. The third-order valence-corrected chi connectivity index (χ3v) is 7.28. The molecule has 0 unspecified atom stereocenters. The summed E-state index contributed by atoms with van der Waals surface area (Å²) >= 11 is 7.66. The summed E-state index contributed by atoms with van der Waals surface area (Å²) < 4.78 is 0. The fraction of sp³-hybridized carbons (Fsp3) is 0.462. The molecule has 0 saturated heterocycles. The van der Waals surface area contributed by atoms with Crippen molar-refractivity contribution in [3.05, 3.63) is 65.2 Å². The van der Waals surface area contributed by atoms with E-state index in [2.05, 4.69) is 5.32 Å². The molecule has 1 N–H and O–H groups in total. The average molecular weight is 473 g/mol. The van der Waals surface area contributed by atoms with Gasteiger partial charge < -0.3 is 10.2 Å². The molecule has 0 heterocycles. The number of hydrogen-bond donors (Lipinski definition) is 1. The van der Waals surface area contributed by atoms with E-state index < -0.39 is 6.04 Å². The summed E-state index contributed by atoms with van der Waals surface area (Å²) in [4.78, 5) is 29.0. The van der Waals surface area contributed by atoms with E-state index in [4.69, 9.17) is 11.6 Å². The topological polar surface area (TPSA) is 49.4 Å². The molecule has 0 radical (unpaired) electrons. The molecule has 6 heteroatoms. The van der Waals surface area contributed by atoms with Crippen molar-refractivity contribution in [1.29, 1.82) is 0 Å². The first kappa shape index (κ1) is 24.7. The van der Waals surface area contributed by atoms with Gasteiger partial charge in [0.2, 0.25) is 11.8 Å². The lowest BCUT2D eigenvalue weighted by Gasteiger charge is -2.31. The van der Waals surface area contributed by atoms with E-state index in [9.17, 15) is 9.59 Å². The van der Waals surface area contributed by atoms with Crippen LogP contribution < -0.4 is 5.32 Å². The summed E-state index contributed by atoms with van der Waals surface area (Å²) in [6.45, 7) is 2.30. The van der Waals surface area contributed by atoms with Gasteiger partial charge in [0.05, 0.1) is 0 Å². The molecular weight excluding hydrogens is 440 g/mol. The van der Waals surface area contributed by atoms with E-state index in [1.807, 2.05) is 61.5 Å². The van der Waals surface area contributed by atoms with Crippen molar-refractivity contribution < 1.29 is 9.59 Å². The van der Waals surface area contributed by atoms with E-state index in [0.717, 1.165) is 53.3 Å². The Balaban J connectivity index is 1.57. The Morgan fingerprint density at radius 1 is 1.06 bits per heavy atom. The summed E-state index contributed by atoms with van der Waals surface area (Å²) in [6, 6.07) is 17.4. The van der Waals surface area contributed by atoms with E-state index in [0.29, 0.717) is 13.0 Å². The van der Waals surface area contributed by atoms with Crippen molar-refractivity contribution in [2.24, 2.45) is 0 Å². The fourth-order valence-corrected chi connectivity index (χ4v) is 5.00. The van der Waals surface area contributed by atoms with Gasteiger partial charge >= 0.3 is 0 Å². The standard InChI is InChI=1S/C26H33ClN2O2S/c1-20(26(31)28-23-11-6-3-7-12-23)29(19-21-9-4-2-5-10-21)25(30)13-8-18-32-24-16-14-22(27)15-17-24/h2,4-5,9-10,14-17,20,23H,3,6-8,11-13,18-19H2,1H3,(H,28,31)/t20-/m0/s1. The summed E-state index contributed by atoms with van der Waals surface area (Å²) in [6.07, 6.45) is 6.83. The molecule has 1 atom stereocenters. The second kappa shape index (κ2) is 12.9. The van der Waals surface area contributed by atoms with Crippen LogP contribution in [0.5, 0.6) is 0 Å². The van der Waals surface area contributed by atoms with Crippen molar-refractivity contribution in [3.63, 3.8) is 0 Å². The van der Waals surface area contributed by atoms with Gasteiger partial charge in [-0.3, -0.25) is 9.59 Å². The first-order valence-electron chi connectivity index (χ1n) is 11.5. The summed E-state index contributed by atoms with van der Waals surface area (Å²) in [5.41, 5.74) is 1.04. The Morgan fingerprint density at radius 3 is 2.44 bits per heavy atom. The van der Waals surface area contributed by atoms with Crippen LogP contribution in [0.3, 0.4) is 0 Å². The van der Waals surface area contributed by atoms with Crippen LogP contribution in [-0.4, -0.2) is 34.6 Å². The molecule has 2 amide bonds. The molecule has 32 heavy (non-hydrogen) atoms. The van der Waals surface area contributed by atoms with Crippen molar-refractivity contribution in [1.82, 2.24) is 10.2 Å². The molecule has 0 bridgehead atoms. The predicted molar refractivity (Wildman–Crippen MR) is 133 cm³/mol. The van der Waals surface area contributed by atoms with Crippen LogP contribution in [-0.2, 0) is 16.1 Å². The third-order valence-electron chi connectivity index (χ3n) is 5.93. The molecule has 4 nitrogen and oxygen atoms in total. The molecule has 3 rings (SSSR count). The number of rotatable bonds is 10. The Bertz CT molecular complexity index is 854. The minimum Gasteiger partial charge on any atom is -0.352 e. The second-order valence-electron chi connectivity index (χ2n) is 8.43. The van der Waals surface area contributed by atoms with Crippen molar-refractivity contribution >= 4 is 35.2 Å². The number of carbonyl (C=O) groups is 2. The maximum absolute atomic E-state index is 13.2. The molecule has 0 aromatic heterocycles. The van der Waals surface area contributed by atoms with Gasteiger partial charge in [-0.15, -0.1) is 11.8 Å². The number of thioether (sulfide) groups is 1. The van der Waals surface area contributed by atoms with Crippen LogP contribution in [0, 0.1) is 0 Å². The smallest absolute Gasteiger partial charge is 0.242 e. The summed E-state index contributed by atoms with van der Waals surface area (Å²) in [5, 5.41) is 3.91. The first-order chi connectivity index (χ1) is 15.5. The van der Waals surface area contributed by atoms with E-state index >= 15 is 0 Å². The van der Waals surface area contributed by atoms with E-state index in [1.54, 1.807) is 16.7 Å². The van der Waals surface area contributed by atoms with Crippen LogP contribution in [0.1, 0.15) is 57.4 Å². The minimum absolute atomic E-state index is 0.0249. The SMILES string of the molecule is C[C@@H](C(=O)NC1CCCCC1)N(Cc1ccccc1)C(=O)CCCSc1ccc(Cl)cc1. The van der Waals surface area contributed by atoms with Gasteiger partial charge in [-0.1, -0.05) is 61.2 Å². The lowest BCUT2D eigenvalue weighted by molar-refractivity contribution is -0.141. The fourth-order valence-electron chi connectivity index (χ4n) is 4.02. The molecule has 1 aliphatic carbocycles. The molecule has 0 spiro atoms. The summed E-state index contributed by atoms with van der Waals surface area (Å²) in [5.74, 6) is 0.823. The zero-order valence-corrected chi connectivity index (χ0v) is 20.3.